The Bertz CT molecular complexity index is 3410. The van der Waals surface area contributed by atoms with Crippen LogP contribution in [0.4, 0.5) is 34.3 Å². The van der Waals surface area contributed by atoms with E-state index in [9.17, 15) is 0 Å². The van der Waals surface area contributed by atoms with Gasteiger partial charge in [0.05, 0.1) is 16.1 Å². The third-order valence-corrected chi connectivity index (χ3v) is 12.9. The van der Waals surface area contributed by atoms with E-state index in [1.165, 1.54) is 26.3 Å². The first-order valence-electron chi connectivity index (χ1n) is 20.6. The highest BCUT2D eigenvalue weighted by Crippen LogP contribution is 2.56. The van der Waals surface area contributed by atoms with Gasteiger partial charge in [0, 0.05) is 55.6 Å². The summed E-state index contributed by atoms with van der Waals surface area (Å²) in [6, 6.07) is 80.3. The Morgan fingerprint density at radius 2 is 0.967 bits per heavy atom. The second-order valence-electron chi connectivity index (χ2n) is 15.4. The minimum atomic E-state index is 0.863. The zero-order valence-electron chi connectivity index (χ0n) is 33.0. The lowest BCUT2D eigenvalue weighted by Crippen LogP contribution is -2.17. The van der Waals surface area contributed by atoms with E-state index in [4.69, 9.17) is 4.42 Å². The van der Waals surface area contributed by atoms with E-state index in [0.29, 0.717) is 0 Å². The highest BCUT2D eigenvalue weighted by molar-refractivity contribution is 8.00. The average Bonchev–Trinajstić information content (AvgIpc) is 3.87. The first kappa shape index (κ1) is 35.2. The molecule has 0 saturated heterocycles. The lowest BCUT2D eigenvalue weighted by atomic mass is 10.0. The molecule has 0 aliphatic carbocycles. The fourth-order valence-electron chi connectivity index (χ4n) is 8.94. The molecule has 1 aliphatic rings. The van der Waals surface area contributed by atoms with E-state index in [1.807, 2.05) is 23.9 Å². The lowest BCUT2D eigenvalue weighted by Gasteiger charge is -2.33. The number of para-hydroxylation sites is 4. The molecule has 4 nitrogen and oxygen atoms in total. The van der Waals surface area contributed by atoms with Crippen molar-refractivity contribution in [2.24, 2.45) is 0 Å². The lowest BCUT2D eigenvalue weighted by molar-refractivity contribution is 0.669. The number of hydrogen-bond donors (Lipinski definition) is 0. The number of anilines is 6. The molecule has 9 aromatic carbocycles. The number of rotatable bonds is 7. The van der Waals surface area contributed by atoms with Crippen molar-refractivity contribution in [3.8, 4) is 27.9 Å². The van der Waals surface area contributed by atoms with E-state index in [2.05, 4.69) is 227 Å². The molecule has 288 valence electrons. The molecule has 0 spiro atoms. The molecule has 5 heteroatoms. The maximum absolute atomic E-state index is 6.44. The van der Waals surface area contributed by atoms with Crippen LogP contribution >= 0.6 is 11.8 Å². The highest BCUT2D eigenvalue weighted by Gasteiger charge is 2.32. The topological polar surface area (TPSA) is 24.6 Å². The smallest absolute Gasteiger partial charge is 0.137 e. The summed E-state index contributed by atoms with van der Waals surface area (Å²) in [6.45, 7) is 0. The third kappa shape index (κ3) is 6.01. The maximum Gasteiger partial charge on any atom is 0.137 e. The van der Waals surface area contributed by atoms with Crippen LogP contribution in [0.1, 0.15) is 0 Å². The Morgan fingerprint density at radius 1 is 0.393 bits per heavy atom. The van der Waals surface area contributed by atoms with Crippen LogP contribution in [-0.4, -0.2) is 4.57 Å². The molecule has 0 amide bonds. The Kier molecular flexibility index (Phi) is 8.39. The molecular weight excluding hydrogens is 763 g/mol. The van der Waals surface area contributed by atoms with Gasteiger partial charge in [-0.1, -0.05) is 145 Å². The molecule has 0 atom stereocenters. The quantitative estimate of drug-likeness (QED) is 0.160. The molecule has 61 heavy (non-hydrogen) atoms. The highest BCUT2D eigenvalue weighted by atomic mass is 32.2. The van der Waals surface area contributed by atoms with Crippen molar-refractivity contribution in [3.05, 3.63) is 224 Å². The summed E-state index contributed by atoms with van der Waals surface area (Å²) < 4.78 is 8.85. The molecule has 2 aromatic heterocycles. The number of aromatic nitrogens is 1. The number of fused-ring (bicyclic) bond motifs is 7. The third-order valence-electron chi connectivity index (χ3n) is 11.7. The van der Waals surface area contributed by atoms with E-state index in [1.54, 1.807) is 0 Å². The SMILES string of the molecule is c1ccc(-c2cccc(N(c3cccc(-c4ccc5c(c4)Sc4c(n(-c6ccccc6)c6ccccc46)N5c4ccccc4)c3)c3ccc4c(c3)oc3ccccc34)c2)cc1. The van der Waals surface area contributed by atoms with E-state index < -0.39 is 0 Å². The zero-order chi connectivity index (χ0) is 40.3. The van der Waals surface area contributed by atoms with Gasteiger partial charge < -0.3 is 9.32 Å². The van der Waals surface area contributed by atoms with Crippen LogP contribution in [0.5, 0.6) is 0 Å². The predicted molar refractivity (Wildman–Crippen MR) is 255 cm³/mol. The summed E-state index contributed by atoms with van der Waals surface area (Å²) in [4.78, 5) is 7.23. The van der Waals surface area contributed by atoms with E-state index in [0.717, 1.165) is 78.6 Å². The largest absolute Gasteiger partial charge is 0.456 e. The van der Waals surface area contributed by atoms with Gasteiger partial charge in [-0.05, 0) is 107 Å². The van der Waals surface area contributed by atoms with Crippen LogP contribution < -0.4 is 9.80 Å². The Hall–Kier alpha value is -7.73. The molecule has 0 unspecified atom stereocenters. The van der Waals surface area contributed by atoms with Crippen molar-refractivity contribution in [2.45, 2.75) is 9.79 Å². The second kappa shape index (κ2) is 14.5. The molecule has 0 saturated carbocycles. The van der Waals surface area contributed by atoms with Crippen molar-refractivity contribution in [1.29, 1.82) is 0 Å². The van der Waals surface area contributed by atoms with Gasteiger partial charge in [0.2, 0.25) is 0 Å². The fourth-order valence-corrected chi connectivity index (χ4v) is 10.2. The zero-order valence-corrected chi connectivity index (χ0v) is 33.8. The normalized spacial score (nSPS) is 12.2. The van der Waals surface area contributed by atoms with Crippen LogP contribution in [0.3, 0.4) is 0 Å². The fraction of sp³-hybridized carbons (Fsp3) is 0. The van der Waals surface area contributed by atoms with E-state index >= 15 is 0 Å². The first-order valence-corrected chi connectivity index (χ1v) is 21.4. The first-order chi connectivity index (χ1) is 30.2. The van der Waals surface area contributed by atoms with Gasteiger partial charge >= 0.3 is 0 Å². The second-order valence-corrected chi connectivity index (χ2v) is 16.4. The number of nitrogens with zero attached hydrogens (tertiary/aromatic N) is 3. The maximum atomic E-state index is 6.44. The van der Waals surface area contributed by atoms with Gasteiger partial charge in [-0.2, -0.15) is 0 Å². The summed E-state index contributed by atoms with van der Waals surface area (Å²) in [5, 5.41) is 3.47. The van der Waals surface area contributed by atoms with Gasteiger partial charge in [0.1, 0.15) is 17.0 Å². The summed E-state index contributed by atoms with van der Waals surface area (Å²) in [7, 11) is 0. The standard InChI is InChI=1S/C56H37N3OS/c1-4-16-38(17-5-1)39-18-14-24-44(34-39)57(46-31-32-48-47-26-11-13-29-52(47)60-53(48)37-46)45-25-15-19-40(35-45)41-30-33-51-54(36-41)61-55-49-27-10-12-28-50(49)58(42-20-6-2-7-21-42)56(55)59(51)43-22-8-3-9-23-43/h1-37H. The molecule has 1 aliphatic heterocycles. The minimum Gasteiger partial charge on any atom is -0.456 e. The van der Waals surface area contributed by atoms with Crippen molar-refractivity contribution in [3.63, 3.8) is 0 Å². The number of furan rings is 1. The van der Waals surface area contributed by atoms with Crippen LogP contribution in [0.15, 0.2) is 239 Å². The van der Waals surface area contributed by atoms with Gasteiger partial charge in [-0.3, -0.25) is 9.47 Å². The van der Waals surface area contributed by atoms with Crippen molar-refractivity contribution in [2.75, 3.05) is 9.80 Å². The number of hydrogen-bond acceptors (Lipinski definition) is 4. The summed E-state index contributed by atoms with van der Waals surface area (Å²) in [6.07, 6.45) is 0. The van der Waals surface area contributed by atoms with E-state index in [-0.39, 0.29) is 0 Å². The Morgan fingerprint density at radius 3 is 1.72 bits per heavy atom. The Balaban J connectivity index is 1.00. The summed E-state index contributed by atoms with van der Waals surface area (Å²) in [5.74, 6) is 1.15. The molecule has 3 heterocycles. The molecule has 0 radical (unpaired) electrons. The number of benzene rings is 9. The van der Waals surface area contributed by atoms with Crippen LogP contribution in [0, 0.1) is 0 Å². The summed E-state index contributed by atoms with van der Waals surface area (Å²) >= 11 is 1.86. The van der Waals surface area contributed by atoms with Crippen molar-refractivity contribution >= 4 is 78.9 Å². The molecule has 0 bridgehead atoms. The molecule has 0 fully saturated rings. The van der Waals surface area contributed by atoms with Gasteiger partial charge in [-0.25, -0.2) is 0 Å². The molecule has 0 N–H and O–H groups in total. The predicted octanol–water partition coefficient (Wildman–Crippen LogP) is 16.3. The molecular formula is C56H37N3OS. The molecule has 12 rings (SSSR count). The van der Waals surface area contributed by atoms with Gasteiger partial charge in [0.25, 0.3) is 0 Å². The van der Waals surface area contributed by atoms with Gasteiger partial charge in [-0.15, -0.1) is 0 Å². The monoisotopic (exact) mass is 799 g/mol. The Labute approximate surface area is 358 Å². The van der Waals surface area contributed by atoms with Crippen LogP contribution in [0.25, 0.3) is 60.8 Å². The van der Waals surface area contributed by atoms with Crippen LogP contribution in [0.2, 0.25) is 0 Å². The van der Waals surface area contributed by atoms with Crippen LogP contribution in [-0.2, 0) is 0 Å². The molecule has 11 aromatic rings. The average molecular weight is 800 g/mol. The summed E-state index contributed by atoms with van der Waals surface area (Å²) in [5.41, 5.74) is 14.1. The van der Waals surface area contributed by atoms with Gasteiger partial charge in [0.15, 0.2) is 0 Å². The van der Waals surface area contributed by atoms with Crippen molar-refractivity contribution < 1.29 is 4.42 Å². The van der Waals surface area contributed by atoms with Crippen molar-refractivity contribution in [1.82, 2.24) is 4.57 Å². The minimum absolute atomic E-state index is 0.863.